The van der Waals surface area contributed by atoms with Crippen LogP contribution >= 0.6 is 0 Å². The van der Waals surface area contributed by atoms with E-state index >= 15 is 0 Å². The van der Waals surface area contributed by atoms with Crippen molar-refractivity contribution in [2.24, 2.45) is 0 Å². The summed E-state index contributed by atoms with van der Waals surface area (Å²) in [5.41, 5.74) is 1.17. The van der Waals surface area contributed by atoms with E-state index in [2.05, 4.69) is 22.1 Å². The molecule has 1 amide bonds. The van der Waals surface area contributed by atoms with E-state index in [1.807, 2.05) is 16.8 Å². The molecule has 0 radical (unpaired) electrons. The molecule has 0 aliphatic carbocycles. The van der Waals surface area contributed by atoms with Crippen molar-refractivity contribution in [1.29, 1.82) is 0 Å². The van der Waals surface area contributed by atoms with Crippen LogP contribution in [-0.2, 0) is 11.2 Å². The molecule has 2 saturated heterocycles. The van der Waals surface area contributed by atoms with E-state index < -0.39 is 0 Å². The number of morpholine rings is 1. The van der Waals surface area contributed by atoms with Crippen LogP contribution in [0.2, 0.25) is 0 Å². The standard InChI is InChI=1S/C21H28FN5O2/c1-16(14-17-4-2-3-5-19(17)22)25-8-6-18(7-9-25)27-15-20(23-24-27)21(28)26-10-12-29-13-11-26/h2-5,15-16,18H,6-14H2,1H3. The van der Waals surface area contributed by atoms with Crippen molar-refractivity contribution in [1.82, 2.24) is 24.8 Å². The number of amides is 1. The molecule has 2 fully saturated rings. The molecular formula is C21H28FN5O2. The lowest BCUT2D eigenvalue weighted by Gasteiger charge is -2.36. The highest BCUT2D eigenvalue weighted by Crippen LogP contribution is 2.24. The van der Waals surface area contributed by atoms with E-state index in [0.717, 1.165) is 31.5 Å². The van der Waals surface area contributed by atoms with Gasteiger partial charge < -0.3 is 14.5 Å². The summed E-state index contributed by atoms with van der Waals surface area (Å²) in [7, 11) is 0. The van der Waals surface area contributed by atoms with Gasteiger partial charge in [0.1, 0.15) is 5.82 Å². The summed E-state index contributed by atoms with van der Waals surface area (Å²) in [6.45, 7) is 6.35. The van der Waals surface area contributed by atoms with Gasteiger partial charge in [-0.15, -0.1) is 5.10 Å². The normalized spacial score (nSPS) is 20.0. The van der Waals surface area contributed by atoms with Gasteiger partial charge in [-0.2, -0.15) is 0 Å². The molecule has 7 nitrogen and oxygen atoms in total. The summed E-state index contributed by atoms with van der Waals surface area (Å²) >= 11 is 0. The summed E-state index contributed by atoms with van der Waals surface area (Å²) in [5, 5.41) is 8.34. The summed E-state index contributed by atoms with van der Waals surface area (Å²) < 4.78 is 21.1. The minimum absolute atomic E-state index is 0.0736. The number of halogens is 1. The van der Waals surface area contributed by atoms with Crippen LogP contribution in [0.4, 0.5) is 4.39 Å². The Labute approximate surface area is 170 Å². The molecule has 8 heteroatoms. The molecule has 1 atom stereocenters. The number of hydrogen-bond acceptors (Lipinski definition) is 5. The Kier molecular flexibility index (Phi) is 6.20. The van der Waals surface area contributed by atoms with E-state index in [0.29, 0.717) is 38.4 Å². The average molecular weight is 401 g/mol. The van der Waals surface area contributed by atoms with Crippen molar-refractivity contribution in [2.75, 3.05) is 39.4 Å². The number of aromatic nitrogens is 3. The first-order valence-electron chi connectivity index (χ1n) is 10.4. The second-order valence-electron chi connectivity index (χ2n) is 7.90. The fourth-order valence-electron chi connectivity index (χ4n) is 4.18. The second kappa shape index (κ2) is 9.00. The molecule has 4 rings (SSSR count). The van der Waals surface area contributed by atoms with Crippen LogP contribution in [-0.4, -0.2) is 76.1 Å². The monoisotopic (exact) mass is 401 g/mol. The lowest BCUT2D eigenvalue weighted by Crippen LogP contribution is -2.41. The summed E-state index contributed by atoms with van der Waals surface area (Å²) in [6, 6.07) is 7.52. The Morgan fingerprint density at radius 2 is 1.93 bits per heavy atom. The zero-order valence-corrected chi connectivity index (χ0v) is 16.8. The molecular weight excluding hydrogens is 373 g/mol. The lowest BCUT2D eigenvalue weighted by molar-refractivity contribution is 0.0299. The summed E-state index contributed by atoms with van der Waals surface area (Å²) in [4.78, 5) is 16.7. The molecule has 0 N–H and O–H groups in total. The lowest BCUT2D eigenvalue weighted by atomic mass is 10.00. The highest BCUT2D eigenvalue weighted by atomic mass is 19.1. The van der Waals surface area contributed by atoms with E-state index in [9.17, 15) is 9.18 Å². The van der Waals surface area contributed by atoms with Gasteiger partial charge in [0.25, 0.3) is 5.91 Å². The fourth-order valence-corrected chi connectivity index (χ4v) is 4.18. The molecule has 0 saturated carbocycles. The maximum Gasteiger partial charge on any atom is 0.276 e. The number of carbonyl (C=O) groups excluding carboxylic acids is 1. The van der Waals surface area contributed by atoms with Crippen LogP contribution in [0.15, 0.2) is 30.5 Å². The molecule has 1 aromatic heterocycles. The Hall–Kier alpha value is -2.32. The van der Waals surface area contributed by atoms with Crippen molar-refractivity contribution >= 4 is 5.91 Å². The number of nitrogens with zero attached hydrogens (tertiary/aromatic N) is 5. The van der Waals surface area contributed by atoms with Crippen LogP contribution in [0, 0.1) is 5.82 Å². The van der Waals surface area contributed by atoms with E-state index in [-0.39, 0.29) is 23.8 Å². The molecule has 3 heterocycles. The summed E-state index contributed by atoms with van der Waals surface area (Å²) in [5.74, 6) is -0.204. The van der Waals surface area contributed by atoms with Gasteiger partial charge in [-0.05, 0) is 37.8 Å². The third-order valence-electron chi connectivity index (χ3n) is 6.00. The number of ether oxygens (including phenoxy) is 1. The molecule has 1 unspecified atom stereocenters. The van der Waals surface area contributed by atoms with Gasteiger partial charge in [-0.1, -0.05) is 23.4 Å². The third kappa shape index (κ3) is 4.64. The first kappa shape index (κ1) is 20.0. The van der Waals surface area contributed by atoms with E-state index in [1.165, 1.54) is 6.07 Å². The van der Waals surface area contributed by atoms with Crippen LogP contribution in [0.25, 0.3) is 0 Å². The molecule has 29 heavy (non-hydrogen) atoms. The van der Waals surface area contributed by atoms with Gasteiger partial charge in [0.05, 0.1) is 25.5 Å². The first-order chi connectivity index (χ1) is 14.1. The molecule has 2 aliphatic heterocycles. The van der Waals surface area contributed by atoms with Gasteiger partial charge in [0.2, 0.25) is 0 Å². The maximum atomic E-state index is 13.9. The quantitative estimate of drug-likeness (QED) is 0.768. The Morgan fingerprint density at radius 1 is 1.21 bits per heavy atom. The first-order valence-corrected chi connectivity index (χ1v) is 10.4. The average Bonchev–Trinajstić information content (AvgIpc) is 3.26. The SMILES string of the molecule is CC(Cc1ccccc1F)N1CCC(n2cc(C(=O)N3CCOCC3)nn2)CC1. The fraction of sp³-hybridized carbons (Fsp3) is 0.571. The highest BCUT2D eigenvalue weighted by molar-refractivity contribution is 5.92. The zero-order chi connectivity index (χ0) is 20.2. The van der Waals surface area contributed by atoms with E-state index in [4.69, 9.17) is 4.74 Å². The Bertz CT molecular complexity index is 828. The van der Waals surface area contributed by atoms with Crippen molar-refractivity contribution in [3.63, 3.8) is 0 Å². The maximum absolute atomic E-state index is 13.9. The van der Waals surface area contributed by atoms with Gasteiger partial charge in [0, 0.05) is 32.2 Å². The molecule has 156 valence electrons. The predicted molar refractivity (Wildman–Crippen MR) is 106 cm³/mol. The number of likely N-dealkylation sites (tertiary alicyclic amines) is 1. The number of benzene rings is 1. The number of carbonyl (C=O) groups is 1. The predicted octanol–water partition coefficient (Wildman–Crippen LogP) is 2.16. The largest absolute Gasteiger partial charge is 0.378 e. The smallest absolute Gasteiger partial charge is 0.276 e. The van der Waals surface area contributed by atoms with Crippen molar-refractivity contribution in [3.05, 3.63) is 47.5 Å². The molecule has 1 aromatic carbocycles. The topological polar surface area (TPSA) is 63.5 Å². The summed E-state index contributed by atoms with van der Waals surface area (Å²) in [6.07, 6.45) is 4.37. The van der Waals surface area contributed by atoms with Gasteiger partial charge in [0.15, 0.2) is 5.69 Å². The zero-order valence-electron chi connectivity index (χ0n) is 16.8. The second-order valence-corrected chi connectivity index (χ2v) is 7.90. The number of hydrogen-bond donors (Lipinski definition) is 0. The Morgan fingerprint density at radius 3 is 2.66 bits per heavy atom. The Balaban J connectivity index is 1.31. The van der Waals surface area contributed by atoms with Gasteiger partial charge >= 0.3 is 0 Å². The number of piperidine rings is 1. The van der Waals surface area contributed by atoms with Crippen LogP contribution in [0.1, 0.15) is 41.9 Å². The number of rotatable bonds is 5. The van der Waals surface area contributed by atoms with Crippen LogP contribution in [0.5, 0.6) is 0 Å². The minimum Gasteiger partial charge on any atom is -0.378 e. The van der Waals surface area contributed by atoms with Crippen LogP contribution in [0.3, 0.4) is 0 Å². The van der Waals surface area contributed by atoms with Crippen LogP contribution < -0.4 is 0 Å². The molecule has 2 aliphatic rings. The van der Waals surface area contributed by atoms with Gasteiger partial charge in [-0.3, -0.25) is 4.79 Å². The minimum atomic E-state index is -0.130. The molecule has 2 aromatic rings. The van der Waals surface area contributed by atoms with Crippen molar-refractivity contribution in [2.45, 2.75) is 38.3 Å². The third-order valence-corrected chi connectivity index (χ3v) is 6.00. The van der Waals surface area contributed by atoms with Crippen molar-refractivity contribution < 1.29 is 13.9 Å². The van der Waals surface area contributed by atoms with E-state index in [1.54, 1.807) is 17.2 Å². The van der Waals surface area contributed by atoms with Crippen molar-refractivity contribution in [3.8, 4) is 0 Å². The molecule has 0 spiro atoms. The highest BCUT2D eigenvalue weighted by Gasteiger charge is 2.27. The molecule has 0 bridgehead atoms. The van der Waals surface area contributed by atoms with Gasteiger partial charge in [-0.25, -0.2) is 9.07 Å².